The molecule has 0 radical (unpaired) electrons. The average molecular weight is 373 g/mol. The molecule has 1 aliphatic heterocycles. The van der Waals surface area contributed by atoms with Gasteiger partial charge in [-0.1, -0.05) is 54.6 Å². The van der Waals surface area contributed by atoms with Crippen LogP contribution in [0, 0.1) is 5.92 Å². The molecule has 1 N–H and O–H groups in total. The topological polar surface area (TPSA) is 57.6 Å². The van der Waals surface area contributed by atoms with Crippen molar-refractivity contribution in [1.29, 1.82) is 0 Å². The first kappa shape index (κ1) is 18.2. The fourth-order valence-corrected chi connectivity index (χ4v) is 4.14. The van der Waals surface area contributed by atoms with Gasteiger partial charge in [0.1, 0.15) is 0 Å². The van der Waals surface area contributed by atoms with Crippen molar-refractivity contribution < 1.29 is 14.7 Å². The molecule has 0 bridgehead atoms. The second-order valence-electron chi connectivity index (χ2n) is 7.43. The third kappa shape index (κ3) is 3.63. The summed E-state index contributed by atoms with van der Waals surface area (Å²) in [5.74, 6) is -0.391. The van der Waals surface area contributed by atoms with E-state index in [2.05, 4.69) is 0 Å². The van der Waals surface area contributed by atoms with E-state index in [1.54, 1.807) is 12.1 Å². The maximum Gasteiger partial charge on any atom is 0.335 e. The quantitative estimate of drug-likeness (QED) is 0.725. The number of rotatable bonds is 4. The molecular formula is C24H23NO3. The smallest absolute Gasteiger partial charge is 0.335 e. The molecule has 0 aromatic heterocycles. The molecule has 4 nitrogen and oxygen atoms in total. The molecular weight excluding hydrogens is 350 g/mol. The number of hydrogen-bond acceptors (Lipinski definition) is 2. The summed E-state index contributed by atoms with van der Waals surface area (Å²) in [5, 5.41) is 11.4. The largest absolute Gasteiger partial charge is 0.478 e. The Morgan fingerprint density at radius 2 is 1.50 bits per heavy atom. The highest BCUT2D eigenvalue weighted by molar-refractivity contribution is 6.07. The molecule has 142 valence electrons. The molecule has 3 aromatic rings. The van der Waals surface area contributed by atoms with Gasteiger partial charge in [0.15, 0.2) is 0 Å². The molecule has 28 heavy (non-hydrogen) atoms. The number of benzene rings is 3. The van der Waals surface area contributed by atoms with Crippen LogP contribution in [0.3, 0.4) is 0 Å². The fraction of sp³-hybridized carbons (Fsp3) is 0.250. The first-order chi connectivity index (χ1) is 13.6. The molecule has 0 unspecified atom stereocenters. The minimum Gasteiger partial charge on any atom is -0.478 e. The van der Waals surface area contributed by atoms with Crippen molar-refractivity contribution in [3.63, 3.8) is 0 Å². The number of carbonyl (C=O) groups excluding carboxylic acids is 1. The fourth-order valence-electron chi connectivity index (χ4n) is 4.14. The zero-order valence-corrected chi connectivity index (χ0v) is 15.7. The van der Waals surface area contributed by atoms with E-state index in [-0.39, 0.29) is 5.91 Å². The van der Waals surface area contributed by atoms with Crippen molar-refractivity contribution in [2.24, 2.45) is 5.92 Å². The zero-order chi connectivity index (χ0) is 19.5. The Hall–Kier alpha value is -3.14. The molecule has 1 amide bonds. The van der Waals surface area contributed by atoms with Crippen LogP contribution in [0.4, 0.5) is 0 Å². The van der Waals surface area contributed by atoms with Crippen LogP contribution in [-0.4, -0.2) is 35.0 Å². The SMILES string of the molecule is O=C(O)c1ccccc1CC1CCN(C(=O)c2cccc3ccccc23)CC1. The Labute approximate surface area is 164 Å². The first-order valence-electron chi connectivity index (χ1n) is 9.71. The number of carboxylic acid groups (broad SMARTS) is 1. The summed E-state index contributed by atoms with van der Waals surface area (Å²) < 4.78 is 0. The summed E-state index contributed by atoms with van der Waals surface area (Å²) in [4.78, 5) is 26.4. The van der Waals surface area contributed by atoms with Crippen molar-refractivity contribution in [3.8, 4) is 0 Å². The van der Waals surface area contributed by atoms with Crippen molar-refractivity contribution in [2.75, 3.05) is 13.1 Å². The lowest BCUT2D eigenvalue weighted by Crippen LogP contribution is -2.39. The third-order valence-electron chi connectivity index (χ3n) is 5.68. The summed E-state index contributed by atoms with van der Waals surface area (Å²) in [6.45, 7) is 1.42. The van der Waals surface area contributed by atoms with Crippen molar-refractivity contribution >= 4 is 22.6 Å². The lowest BCUT2D eigenvalue weighted by molar-refractivity contribution is 0.0692. The highest BCUT2D eigenvalue weighted by Gasteiger charge is 2.25. The van der Waals surface area contributed by atoms with E-state index in [1.807, 2.05) is 59.5 Å². The molecule has 1 heterocycles. The second kappa shape index (κ2) is 7.85. The Kier molecular flexibility index (Phi) is 5.11. The summed E-state index contributed by atoms with van der Waals surface area (Å²) in [6.07, 6.45) is 2.54. The van der Waals surface area contributed by atoms with Crippen molar-refractivity contribution in [1.82, 2.24) is 4.90 Å². The van der Waals surface area contributed by atoms with E-state index in [4.69, 9.17) is 0 Å². The Morgan fingerprint density at radius 3 is 2.29 bits per heavy atom. The normalized spacial score (nSPS) is 14.9. The van der Waals surface area contributed by atoms with Gasteiger partial charge in [-0.2, -0.15) is 0 Å². The lowest BCUT2D eigenvalue weighted by Gasteiger charge is -2.32. The number of hydrogen-bond donors (Lipinski definition) is 1. The summed E-state index contributed by atoms with van der Waals surface area (Å²) in [7, 11) is 0. The van der Waals surface area contributed by atoms with E-state index in [0.717, 1.165) is 41.2 Å². The molecule has 4 rings (SSSR count). The molecule has 0 spiro atoms. The number of amides is 1. The van der Waals surface area contributed by atoms with E-state index < -0.39 is 5.97 Å². The molecule has 0 saturated carbocycles. The standard InChI is InChI=1S/C24H23NO3/c26-23(22-11-5-8-18-6-1-3-9-20(18)22)25-14-12-17(13-15-25)16-19-7-2-4-10-21(19)24(27)28/h1-11,17H,12-16H2,(H,27,28). The van der Waals surface area contributed by atoms with Crippen molar-refractivity contribution in [2.45, 2.75) is 19.3 Å². The van der Waals surface area contributed by atoms with Crippen LogP contribution >= 0.6 is 0 Å². The number of carbonyl (C=O) groups is 2. The van der Waals surface area contributed by atoms with Crippen LogP contribution in [0.5, 0.6) is 0 Å². The molecule has 4 heteroatoms. The Morgan fingerprint density at radius 1 is 0.857 bits per heavy atom. The van der Waals surface area contributed by atoms with Gasteiger partial charge in [0, 0.05) is 18.7 Å². The molecule has 0 atom stereocenters. The minimum absolute atomic E-state index is 0.0844. The minimum atomic E-state index is -0.876. The number of fused-ring (bicyclic) bond motifs is 1. The summed E-state index contributed by atoms with van der Waals surface area (Å²) in [6, 6.07) is 21.1. The highest BCUT2D eigenvalue weighted by atomic mass is 16.4. The predicted molar refractivity (Wildman–Crippen MR) is 110 cm³/mol. The van der Waals surface area contributed by atoms with E-state index in [0.29, 0.717) is 24.6 Å². The highest BCUT2D eigenvalue weighted by Crippen LogP contribution is 2.26. The maximum atomic E-state index is 13.1. The number of carboxylic acids is 1. The lowest BCUT2D eigenvalue weighted by atomic mass is 9.88. The number of piperidine rings is 1. The molecule has 1 saturated heterocycles. The zero-order valence-electron chi connectivity index (χ0n) is 15.7. The molecule has 1 fully saturated rings. The predicted octanol–water partition coefficient (Wildman–Crippen LogP) is 4.63. The maximum absolute atomic E-state index is 13.1. The van der Waals surface area contributed by atoms with Crippen LogP contribution < -0.4 is 0 Å². The van der Waals surface area contributed by atoms with Gasteiger partial charge in [0.25, 0.3) is 5.91 Å². The third-order valence-corrected chi connectivity index (χ3v) is 5.68. The van der Waals surface area contributed by atoms with Gasteiger partial charge in [-0.15, -0.1) is 0 Å². The van der Waals surface area contributed by atoms with Crippen LogP contribution in [0.2, 0.25) is 0 Å². The summed E-state index contributed by atoms with van der Waals surface area (Å²) >= 11 is 0. The van der Waals surface area contributed by atoms with Crippen LogP contribution in [0.15, 0.2) is 66.7 Å². The first-order valence-corrected chi connectivity index (χ1v) is 9.71. The average Bonchev–Trinajstić information content (AvgIpc) is 2.73. The van der Waals surface area contributed by atoms with E-state index in [1.165, 1.54) is 0 Å². The second-order valence-corrected chi connectivity index (χ2v) is 7.43. The Balaban J connectivity index is 1.44. The van der Waals surface area contributed by atoms with Crippen LogP contribution in [0.25, 0.3) is 10.8 Å². The Bertz CT molecular complexity index is 1010. The number of nitrogens with zero attached hydrogens (tertiary/aromatic N) is 1. The van der Waals surface area contributed by atoms with Gasteiger partial charge < -0.3 is 10.0 Å². The van der Waals surface area contributed by atoms with Gasteiger partial charge in [0.2, 0.25) is 0 Å². The summed E-state index contributed by atoms with van der Waals surface area (Å²) in [5.41, 5.74) is 2.03. The van der Waals surface area contributed by atoms with Crippen LogP contribution in [0.1, 0.15) is 39.1 Å². The monoisotopic (exact) mass is 373 g/mol. The number of aromatic carboxylic acids is 1. The van der Waals surface area contributed by atoms with Crippen molar-refractivity contribution in [3.05, 3.63) is 83.4 Å². The molecule has 1 aliphatic rings. The molecule has 3 aromatic carbocycles. The molecule has 0 aliphatic carbocycles. The number of likely N-dealkylation sites (tertiary alicyclic amines) is 1. The van der Waals surface area contributed by atoms with Gasteiger partial charge in [0.05, 0.1) is 5.56 Å². The van der Waals surface area contributed by atoms with Gasteiger partial charge >= 0.3 is 5.97 Å². The van der Waals surface area contributed by atoms with Gasteiger partial charge in [-0.05, 0) is 53.6 Å². The van der Waals surface area contributed by atoms with Gasteiger partial charge in [-0.25, -0.2) is 4.79 Å². The van der Waals surface area contributed by atoms with E-state index >= 15 is 0 Å². The van der Waals surface area contributed by atoms with Gasteiger partial charge in [-0.3, -0.25) is 4.79 Å². The van der Waals surface area contributed by atoms with Crippen LogP contribution in [-0.2, 0) is 6.42 Å². The van der Waals surface area contributed by atoms with E-state index in [9.17, 15) is 14.7 Å².